The van der Waals surface area contributed by atoms with Crippen LogP contribution in [0, 0.1) is 5.82 Å². The molecule has 0 saturated carbocycles. The third kappa shape index (κ3) is 3.23. The summed E-state index contributed by atoms with van der Waals surface area (Å²) in [6, 6.07) is 2.74. The van der Waals surface area contributed by atoms with Crippen molar-refractivity contribution in [1.29, 1.82) is 0 Å². The lowest BCUT2D eigenvalue weighted by molar-refractivity contribution is 0.0248. The van der Waals surface area contributed by atoms with Crippen LogP contribution < -0.4 is 11.1 Å². The molecule has 1 aliphatic heterocycles. The summed E-state index contributed by atoms with van der Waals surface area (Å²) in [5.74, 6) is -0.497. The normalized spacial score (nSPS) is 20.2. The molecular weight excluding hydrogens is 243 g/mol. The number of anilines is 2. The van der Waals surface area contributed by atoms with Crippen LogP contribution in [0.1, 0.15) is 19.3 Å². The summed E-state index contributed by atoms with van der Waals surface area (Å²) in [4.78, 5) is 0. The van der Waals surface area contributed by atoms with Crippen LogP contribution in [0.5, 0.6) is 0 Å². The molecule has 94 valence electrons. The first-order valence-corrected chi connectivity index (χ1v) is 6.14. The lowest BCUT2D eigenvalue weighted by Crippen LogP contribution is -2.27. The number of benzene rings is 1. The van der Waals surface area contributed by atoms with E-state index in [-0.39, 0.29) is 11.1 Å². The molecule has 1 saturated heterocycles. The second kappa shape index (κ2) is 5.56. The molecule has 0 aliphatic carbocycles. The number of hydrogen-bond donors (Lipinski definition) is 2. The van der Waals surface area contributed by atoms with Crippen molar-refractivity contribution in [3.8, 4) is 0 Å². The summed E-state index contributed by atoms with van der Waals surface area (Å²) >= 11 is 5.71. The van der Waals surface area contributed by atoms with E-state index >= 15 is 0 Å². The SMILES string of the molecule is Nc1cc(F)c(Cl)cc1NCC1CCCCO1. The molecule has 1 aromatic carbocycles. The van der Waals surface area contributed by atoms with Gasteiger partial charge >= 0.3 is 0 Å². The summed E-state index contributed by atoms with van der Waals surface area (Å²) in [5, 5.41) is 3.22. The lowest BCUT2D eigenvalue weighted by atomic mass is 10.1. The molecule has 1 aliphatic rings. The molecule has 0 aromatic heterocycles. The van der Waals surface area contributed by atoms with Gasteiger partial charge in [-0.3, -0.25) is 0 Å². The first-order valence-electron chi connectivity index (χ1n) is 5.77. The molecule has 1 aromatic rings. The smallest absolute Gasteiger partial charge is 0.143 e. The van der Waals surface area contributed by atoms with Crippen molar-refractivity contribution < 1.29 is 9.13 Å². The van der Waals surface area contributed by atoms with Gasteiger partial charge in [0.05, 0.1) is 22.5 Å². The zero-order chi connectivity index (χ0) is 12.3. The Morgan fingerprint density at radius 2 is 2.29 bits per heavy atom. The van der Waals surface area contributed by atoms with Crippen molar-refractivity contribution in [2.24, 2.45) is 0 Å². The Bertz CT molecular complexity index is 394. The molecule has 17 heavy (non-hydrogen) atoms. The average Bonchev–Trinajstić information content (AvgIpc) is 2.33. The maximum atomic E-state index is 13.1. The Labute approximate surface area is 105 Å². The van der Waals surface area contributed by atoms with E-state index in [0.29, 0.717) is 17.9 Å². The highest BCUT2D eigenvalue weighted by Crippen LogP contribution is 2.26. The standard InChI is InChI=1S/C12H16ClFN2O/c13-9-5-12(11(15)6-10(9)14)16-7-8-3-1-2-4-17-8/h5-6,8,16H,1-4,7,15H2. The maximum Gasteiger partial charge on any atom is 0.143 e. The van der Waals surface area contributed by atoms with Gasteiger partial charge in [0.25, 0.3) is 0 Å². The predicted octanol–water partition coefficient (Wildman–Crippen LogP) is 3.04. The fraction of sp³-hybridized carbons (Fsp3) is 0.500. The Morgan fingerprint density at radius 1 is 1.47 bits per heavy atom. The molecule has 2 rings (SSSR count). The molecule has 0 spiro atoms. The number of rotatable bonds is 3. The van der Waals surface area contributed by atoms with Crippen LogP contribution >= 0.6 is 11.6 Å². The van der Waals surface area contributed by atoms with Gasteiger partial charge in [-0.15, -0.1) is 0 Å². The first-order chi connectivity index (χ1) is 8.16. The van der Waals surface area contributed by atoms with Crippen molar-refractivity contribution in [2.45, 2.75) is 25.4 Å². The second-order valence-electron chi connectivity index (χ2n) is 4.22. The molecule has 0 bridgehead atoms. The van der Waals surface area contributed by atoms with Crippen molar-refractivity contribution in [2.75, 3.05) is 24.2 Å². The molecule has 1 unspecified atom stereocenters. The Morgan fingerprint density at radius 3 is 3.00 bits per heavy atom. The van der Waals surface area contributed by atoms with Crippen molar-refractivity contribution in [3.63, 3.8) is 0 Å². The number of nitrogen functional groups attached to an aromatic ring is 1. The van der Waals surface area contributed by atoms with E-state index in [0.717, 1.165) is 19.4 Å². The number of halogens is 2. The van der Waals surface area contributed by atoms with Gasteiger partial charge in [-0.05, 0) is 25.3 Å². The molecule has 3 nitrogen and oxygen atoms in total. The van der Waals surface area contributed by atoms with E-state index < -0.39 is 5.82 Å². The van der Waals surface area contributed by atoms with Gasteiger partial charge in [-0.25, -0.2) is 4.39 Å². The fourth-order valence-corrected chi connectivity index (χ4v) is 2.07. The molecule has 0 amide bonds. The molecule has 0 radical (unpaired) electrons. The van der Waals surface area contributed by atoms with Crippen molar-refractivity contribution in [3.05, 3.63) is 23.0 Å². The van der Waals surface area contributed by atoms with Crippen LogP contribution in [-0.4, -0.2) is 19.3 Å². The number of nitrogens with two attached hydrogens (primary N) is 1. The number of ether oxygens (including phenoxy) is 1. The van der Waals surface area contributed by atoms with Crippen LogP contribution in [0.25, 0.3) is 0 Å². The first kappa shape index (κ1) is 12.5. The number of hydrogen-bond acceptors (Lipinski definition) is 3. The third-order valence-electron chi connectivity index (χ3n) is 2.89. The van der Waals surface area contributed by atoms with Crippen molar-refractivity contribution >= 4 is 23.0 Å². The van der Waals surface area contributed by atoms with Crippen molar-refractivity contribution in [1.82, 2.24) is 0 Å². The van der Waals surface area contributed by atoms with Gasteiger partial charge in [-0.2, -0.15) is 0 Å². The van der Waals surface area contributed by atoms with Gasteiger partial charge in [0.2, 0.25) is 0 Å². The highest BCUT2D eigenvalue weighted by molar-refractivity contribution is 6.31. The Kier molecular flexibility index (Phi) is 4.07. The molecule has 1 atom stereocenters. The molecule has 5 heteroatoms. The molecule has 3 N–H and O–H groups in total. The van der Waals surface area contributed by atoms with E-state index in [2.05, 4.69) is 5.32 Å². The van der Waals surface area contributed by atoms with Gasteiger partial charge in [0.15, 0.2) is 0 Å². The highest BCUT2D eigenvalue weighted by atomic mass is 35.5. The lowest BCUT2D eigenvalue weighted by Gasteiger charge is -2.23. The Hall–Kier alpha value is -1.00. The minimum atomic E-state index is -0.497. The quantitative estimate of drug-likeness (QED) is 0.820. The van der Waals surface area contributed by atoms with E-state index in [1.54, 1.807) is 0 Å². The fourth-order valence-electron chi connectivity index (χ4n) is 1.91. The van der Waals surface area contributed by atoms with Gasteiger partial charge in [-0.1, -0.05) is 11.6 Å². The minimum absolute atomic E-state index is 0.0752. The summed E-state index contributed by atoms with van der Waals surface area (Å²) in [6.07, 6.45) is 3.56. The van der Waals surface area contributed by atoms with E-state index in [4.69, 9.17) is 22.1 Å². The minimum Gasteiger partial charge on any atom is -0.397 e. The molecular formula is C12H16ClFN2O. The van der Waals surface area contributed by atoms with Gasteiger partial charge in [0.1, 0.15) is 5.82 Å². The summed E-state index contributed by atoms with van der Waals surface area (Å²) in [7, 11) is 0. The van der Waals surface area contributed by atoms with Crippen LogP contribution in [0.4, 0.5) is 15.8 Å². The predicted molar refractivity (Wildman–Crippen MR) is 67.9 cm³/mol. The largest absolute Gasteiger partial charge is 0.397 e. The topological polar surface area (TPSA) is 47.3 Å². The monoisotopic (exact) mass is 258 g/mol. The Balaban J connectivity index is 1.96. The zero-order valence-electron chi connectivity index (χ0n) is 9.51. The maximum absolute atomic E-state index is 13.1. The number of nitrogens with one attached hydrogen (secondary N) is 1. The molecule has 1 heterocycles. The van der Waals surface area contributed by atoms with Crippen LogP contribution in [-0.2, 0) is 4.74 Å². The van der Waals surface area contributed by atoms with E-state index in [9.17, 15) is 4.39 Å². The summed E-state index contributed by atoms with van der Waals surface area (Å²) in [5.41, 5.74) is 6.73. The zero-order valence-corrected chi connectivity index (χ0v) is 10.3. The van der Waals surface area contributed by atoms with Crippen LogP contribution in [0.15, 0.2) is 12.1 Å². The summed E-state index contributed by atoms with van der Waals surface area (Å²) in [6.45, 7) is 1.48. The highest BCUT2D eigenvalue weighted by Gasteiger charge is 2.14. The average molecular weight is 259 g/mol. The third-order valence-corrected chi connectivity index (χ3v) is 3.18. The van der Waals surface area contributed by atoms with E-state index in [1.807, 2.05) is 0 Å². The molecule has 1 fully saturated rings. The van der Waals surface area contributed by atoms with Crippen LogP contribution in [0.3, 0.4) is 0 Å². The van der Waals surface area contributed by atoms with Gasteiger partial charge < -0.3 is 15.8 Å². The van der Waals surface area contributed by atoms with Crippen LogP contribution in [0.2, 0.25) is 5.02 Å². The summed E-state index contributed by atoms with van der Waals surface area (Å²) < 4.78 is 18.7. The van der Waals surface area contributed by atoms with E-state index in [1.165, 1.54) is 18.6 Å². The van der Waals surface area contributed by atoms with Gasteiger partial charge in [0, 0.05) is 19.2 Å². The second-order valence-corrected chi connectivity index (χ2v) is 4.63.